The van der Waals surface area contributed by atoms with Gasteiger partial charge in [0.15, 0.2) is 0 Å². The predicted octanol–water partition coefficient (Wildman–Crippen LogP) is 4.09. The Bertz CT molecular complexity index is 794. The van der Waals surface area contributed by atoms with Crippen LogP contribution in [-0.2, 0) is 4.79 Å². The summed E-state index contributed by atoms with van der Waals surface area (Å²) in [5.41, 5.74) is 1.43. The summed E-state index contributed by atoms with van der Waals surface area (Å²) in [4.78, 5) is 28.9. The van der Waals surface area contributed by atoms with Crippen LogP contribution in [0.2, 0.25) is 0 Å². The summed E-state index contributed by atoms with van der Waals surface area (Å²) in [5.74, 6) is -0.186. The Labute approximate surface area is 157 Å². The predicted molar refractivity (Wildman–Crippen MR) is 101 cm³/mol. The average Bonchev–Trinajstić information content (AvgIpc) is 2.56. The van der Waals surface area contributed by atoms with Crippen LogP contribution in [0.4, 0.5) is 5.69 Å². The van der Waals surface area contributed by atoms with Gasteiger partial charge in [-0.05, 0) is 43.3 Å². The van der Waals surface area contributed by atoms with Gasteiger partial charge in [-0.25, -0.2) is 0 Å². The van der Waals surface area contributed by atoms with Crippen molar-refractivity contribution < 1.29 is 9.59 Å². The second-order valence-corrected chi connectivity index (χ2v) is 7.49. The van der Waals surface area contributed by atoms with Gasteiger partial charge in [-0.15, -0.1) is 0 Å². The van der Waals surface area contributed by atoms with Gasteiger partial charge in [0, 0.05) is 33.3 Å². The Balaban J connectivity index is 1.81. The molecule has 2 aromatic carbocycles. The molecule has 0 bridgehead atoms. The Kier molecular flexibility index (Phi) is 5.06. The molecule has 124 valence electrons. The number of rotatable bonds is 2. The second-order valence-electron chi connectivity index (χ2n) is 5.65. The van der Waals surface area contributed by atoms with Crippen molar-refractivity contribution in [2.45, 2.75) is 13.0 Å². The number of nitrogens with zero attached hydrogens (tertiary/aromatic N) is 2. The van der Waals surface area contributed by atoms with Crippen LogP contribution in [0.25, 0.3) is 0 Å². The standard InChI is InChI=1S/C18H16Br2N2O2/c1-12-17(23)22(16-7-3-6-15(20)11-16)9-8-21(12)18(24)13-4-2-5-14(19)10-13/h2-7,10-12H,8-9H2,1H3/t12-/m0/s1. The molecule has 1 fully saturated rings. The maximum absolute atomic E-state index is 12.8. The molecule has 2 aromatic rings. The smallest absolute Gasteiger partial charge is 0.254 e. The summed E-state index contributed by atoms with van der Waals surface area (Å²) >= 11 is 6.81. The summed E-state index contributed by atoms with van der Waals surface area (Å²) in [5, 5.41) is 0. The van der Waals surface area contributed by atoms with E-state index in [1.54, 1.807) is 28.9 Å². The minimum atomic E-state index is -0.496. The quantitative estimate of drug-likeness (QED) is 0.689. The molecule has 1 aliphatic heterocycles. The van der Waals surface area contributed by atoms with Crippen LogP contribution in [0.15, 0.2) is 57.5 Å². The molecule has 0 saturated carbocycles. The van der Waals surface area contributed by atoms with Crippen LogP contribution >= 0.6 is 31.9 Å². The SMILES string of the molecule is C[C@H]1C(=O)N(c2cccc(Br)c2)CCN1C(=O)c1cccc(Br)c1. The first-order valence-electron chi connectivity index (χ1n) is 7.61. The molecular formula is C18H16Br2N2O2. The Hall–Kier alpha value is -1.66. The van der Waals surface area contributed by atoms with Gasteiger partial charge in [0.1, 0.15) is 6.04 Å². The van der Waals surface area contributed by atoms with Gasteiger partial charge in [0.25, 0.3) is 5.91 Å². The lowest BCUT2D eigenvalue weighted by molar-refractivity contribution is -0.124. The van der Waals surface area contributed by atoms with E-state index >= 15 is 0 Å². The van der Waals surface area contributed by atoms with Crippen LogP contribution in [-0.4, -0.2) is 35.8 Å². The highest BCUT2D eigenvalue weighted by molar-refractivity contribution is 9.10. The third kappa shape index (κ3) is 3.39. The van der Waals surface area contributed by atoms with E-state index < -0.39 is 6.04 Å². The van der Waals surface area contributed by atoms with Crippen LogP contribution in [0.1, 0.15) is 17.3 Å². The number of benzene rings is 2. The van der Waals surface area contributed by atoms with E-state index in [0.717, 1.165) is 14.6 Å². The second kappa shape index (κ2) is 7.07. The molecule has 0 aromatic heterocycles. The molecular weight excluding hydrogens is 436 g/mol. The first-order valence-corrected chi connectivity index (χ1v) is 9.19. The minimum absolute atomic E-state index is 0.0669. The molecule has 6 heteroatoms. The highest BCUT2D eigenvalue weighted by atomic mass is 79.9. The van der Waals surface area contributed by atoms with Gasteiger partial charge in [0.05, 0.1) is 0 Å². The van der Waals surface area contributed by atoms with Crippen molar-refractivity contribution in [2.24, 2.45) is 0 Å². The highest BCUT2D eigenvalue weighted by Crippen LogP contribution is 2.25. The average molecular weight is 452 g/mol. The minimum Gasteiger partial charge on any atom is -0.325 e. The third-order valence-electron chi connectivity index (χ3n) is 4.11. The van der Waals surface area contributed by atoms with Crippen LogP contribution < -0.4 is 4.90 Å². The summed E-state index contributed by atoms with van der Waals surface area (Å²) in [6, 6.07) is 14.4. The summed E-state index contributed by atoms with van der Waals surface area (Å²) in [7, 11) is 0. The largest absolute Gasteiger partial charge is 0.325 e. The highest BCUT2D eigenvalue weighted by Gasteiger charge is 2.35. The summed E-state index contributed by atoms with van der Waals surface area (Å²) in [6.45, 7) is 2.77. The summed E-state index contributed by atoms with van der Waals surface area (Å²) < 4.78 is 1.77. The van der Waals surface area contributed by atoms with Gasteiger partial charge in [-0.1, -0.05) is 44.0 Å². The molecule has 1 saturated heterocycles. The maximum atomic E-state index is 12.8. The molecule has 0 radical (unpaired) electrons. The number of hydrogen-bond acceptors (Lipinski definition) is 2. The van der Waals surface area contributed by atoms with E-state index in [9.17, 15) is 9.59 Å². The molecule has 1 aliphatic rings. The van der Waals surface area contributed by atoms with E-state index in [2.05, 4.69) is 31.9 Å². The van der Waals surface area contributed by atoms with E-state index in [1.165, 1.54) is 0 Å². The van der Waals surface area contributed by atoms with Crippen molar-refractivity contribution in [3.8, 4) is 0 Å². The molecule has 24 heavy (non-hydrogen) atoms. The van der Waals surface area contributed by atoms with Gasteiger partial charge >= 0.3 is 0 Å². The van der Waals surface area contributed by atoms with Gasteiger partial charge in [-0.3, -0.25) is 9.59 Å². The monoisotopic (exact) mass is 450 g/mol. The maximum Gasteiger partial charge on any atom is 0.254 e. The van der Waals surface area contributed by atoms with Gasteiger partial charge in [-0.2, -0.15) is 0 Å². The zero-order valence-corrected chi connectivity index (χ0v) is 16.2. The number of carbonyl (C=O) groups excluding carboxylic acids is 2. The zero-order chi connectivity index (χ0) is 17.3. The number of hydrogen-bond donors (Lipinski definition) is 0. The van der Waals surface area contributed by atoms with Gasteiger partial charge < -0.3 is 9.80 Å². The normalized spacial score (nSPS) is 18.0. The Morgan fingerprint density at radius 3 is 2.38 bits per heavy atom. The van der Waals surface area contributed by atoms with E-state index in [4.69, 9.17) is 0 Å². The van der Waals surface area contributed by atoms with Crippen molar-refractivity contribution in [1.29, 1.82) is 0 Å². The molecule has 0 unspecified atom stereocenters. The fraction of sp³-hybridized carbons (Fsp3) is 0.222. The van der Waals surface area contributed by atoms with Crippen molar-refractivity contribution >= 4 is 49.4 Å². The number of carbonyl (C=O) groups is 2. The van der Waals surface area contributed by atoms with Crippen LogP contribution in [0, 0.1) is 0 Å². The number of amides is 2. The van der Waals surface area contributed by atoms with Crippen molar-refractivity contribution in [3.63, 3.8) is 0 Å². The Morgan fingerprint density at radius 1 is 1.04 bits per heavy atom. The lowest BCUT2D eigenvalue weighted by atomic mass is 10.1. The fourth-order valence-electron chi connectivity index (χ4n) is 2.84. The fourth-order valence-corrected chi connectivity index (χ4v) is 3.62. The zero-order valence-electron chi connectivity index (χ0n) is 13.1. The first kappa shape index (κ1) is 17.2. The number of halogens is 2. The van der Waals surface area contributed by atoms with Gasteiger partial charge in [0.2, 0.25) is 5.91 Å². The van der Waals surface area contributed by atoms with E-state index in [1.807, 2.05) is 36.4 Å². The molecule has 2 amide bonds. The first-order chi connectivity index (χ1) is 11.5. The summed E-state index contributed by atoms with van der Waals surface area (Å²) in [6.07, 6.45) is 0. The third-order valence-corrected chi connectivity index (χ3v) is 5.09. The van der Waals surface area contributed by atoms with Crippen molar-refractivity contribution in [2.75, 3.05) is 18.0 Å². The van der Waals surface area contributed by atoms with Crippen molar-refractivity contribution in [1.82, 2.24) is 4.90 Å². The van der Waals surface area contributed by atoms with Crippen LogP contribution in [0.5, 0.6) is 0 Å². The molecule has 1 heterocycles. The molecule has 1 atom stereocenters. The molecule has 0 aliphatic carbocycles. The van der Waals surface area contributed by atoms with Crippen LogP contribution in [0.3, 0.4) is 0 Å². The van der Waals surface area contributed by atoms with E-state index in [0.29, 0.717) is 18.7 Å². The van der Waals surface area contributed by atoms with Crippen molar-refractivity contribution in [3.05, 3.63) is 63.0 Å². The molecule has 3 rings (SSSR count). The number of anilines is 1. The van der Waals surface area contributed by atoms with E-state index in [-0.39, 0.29) is 11.8 Å². The topological polar surface area (TPSA) is 40.6 Å². The lowest BCUT2D eigenvalue weighted by Gasteiger charge is -2.39. The Morgan fingerprint density at radius 2 is 1.71 bits per heavy atom. The number of piperazine rings is 1. The molecule has 0 N–H and O–H groups in total. The lowest BCUT2D eigenvalue weighted by Crippen LogP contribution is -2.57. The molecule has 4 nitrogen and oxygen atoms in total. The molecule has 0 spiro atoms.